The smallest absolute Gasteiger partial charge is 0.269 e. The molecular weight excluding hydrogens is 395 g/mol. The first kappa shape index (κ1) is 18.1. The minimum absolute atomic E-state index is 0.231. The van der Waals surface area contributed by atoms with Crippen molar-refractivity contribution in [3.8, 4) is 0 Å². The number of carbonyl (C=O) groups is 1. The van der Waals surface area contributed by atoms with Crippen molar-refractivity contribution in [2.75, 3.05) is 5.32 Å². The van der Waals surface area contributed by atoms with Gasteiger partial charge in [-0.3, -0.25) is 10.1 Å². The largest absolute Gasteiger partial charge is 0.332 e. The summed E-state index contributed by atoms with van der Waals surface area (Å²) in [6.45, 7) is 3.96. The Labute approximate surface area is 164 Å². The number of rotatable bonds is 2. The molecule has 0 atom stereocenters. The Hall–Kier alpha value is -1.66. The lowest BCUT2D eigenvalue weighted by molar-refractivity contribution is 0.0982. The molecule has 0 saturated carbocycles. The van der Waals surface area contributed by atoms with Crippen molar-refractivity contribution < 1.29 is 4.79 Å². The Morgan fingerprint density at radius 3 is 2.48 bits per heavy atom. The van der Waals surface area contributed by atoms with E-state index in [0.29, 0.717) is 14.9 Å². The third kappa shape index (κ3) is 3.80. The van der Waals surface area contributed by atoms with Crippen LogP contribution in [-0.2, 0) is 0 Å². The predicted molar refractivity (Wildman–Crippen MR) is 111 cm³/mol. The van der Waals surface area contributed by atoms with E-state index >= 15 is 0 Å². The fourth-order valence-electron chi connectivity index (χ4n) is 2.50. The summed E-state index contributed by atoms with van der Waals surface area (Å²) < 4.78 is 0.858. The molecule has 0 bridgehead atoms. The van der Waals surface area contributed by atoms with Crippen molar-refractivity contribution >= 4 is 73.5 Å². The molecule has 0 aliphatic heterocycles. The molecule has 0 radical (unpaired) electrons. The standard InChI is InChI=1S/C18H14Cl2N2OS2/c1-9-4-3-5-10(2)15(9)21-18(24)22-17(23)16-14(20)12-7-6-11(19)8-13(12)25-16/h3-8H,1-2H3,(H2,21,22,23,24). The van der Waals surface area contributed by atoms with Gasteiger partial charge in [0.25, 0.3) is 5.91 Å². The molecule has 1 heterocycles. The predicted octanol–water partition coefficient (Wildman–Crippen LogP) is 5.95. The highest BCUT2D eigenvalue weighted by Gasteiger charge is 2.18. The first-order valence-corrected chi connectivity index (χ1v) is 9.41. The lowest BCUT2D eigenvalue weighted by atomic mass is 10.1. The Morgan fingerprint density at radius 2 is 1.80 bits per heavy atom. The summed E-state index contributed by atoms with van der Waals surface area (Å²) in [7, 11) is 0. The van der Waals surface area contributed by atoms with Gasteiger partial charge in [0.2, 0.25) is 0 Å². The van der Waals surface area contributed by atoms with E-state index in [4.69, 9.17) is 35.4 Å². The number of amides is 1. The van der Waals surface area contributed by atoms with Crippen LogP contribution < -0.4 is 10.6 Å². The average molecular weight is 409 g/mol. The van der Waals surface area contributed by atoms with Crippen LogP contribution in [0, 0.1) is 13.8 Å². The summed E-state index contributed by atoms with van der Waals surface area (Å²) in [6, 6.07) is 11.3. The van der Waals surface area contributed by atoms with Gasteiger partial charge in [-0.2, -0.15) is 0 Å². The second kappa shape index (κ2) is 7.30. The van der Waals surface area contributed by atoms with Gasteiger partial charge >= 0.3 is 0 Å². The molecule has 0 aliphatic rings. The fraction of sp³-hybridized carbons (Fsp3) is 0.111. The number of halogens is 2. The van der Waals surface area contributed by atoms with Gasteiger partial charge < -0.3 is 5.32 Å². The summed E-state index contributed by atoms with van der Waals surface area (Å²) in [6.07, 6.45) is 0. The Bertz CT molecular complexity index is 978. The molecule has 2 aromatic carbocycles. The van der Waals surface area contributed by atoms with Crippen molar-refractivity contribution in [1.82, 2.24) is 5.32 Å². The van der Waals surface area contributed by atoms with Crippen LogP contribution in [0.1, 0.15) is 20.8 Å². The normalized spacial score (nSPS) is 10.7. The topological polar surface area (TPSA) is 41.1 Å². The third-order valence-electron chi connectivity index (χ3n) is 3.74. The molecule has 0 spiro atoms. The van der Waals surface area contributed by atoms with E-state index < -0.39 is 0 Å². The summed E-state index contributed by atoms with van der Waals surface area (Å²) >= 11 is 18.9. The molecule has 0 aliphatic carbocycles. The molecule has 128 valence electrons. The van der Waals surface area contributed by atoms with Crippen LogP contribution in [0.15, 0.2) is 36.4 Å². The van der Waals surface area contributed by atoms with Gasteiger partial charge in [0.1, 0.15) is 4.88 Å². The summed E-state index contributed by atoms with van der Waals surface area (Å²) in [4.78, 5) is 13.0. The Morgan fingerprint density at radius 1 is 1.12 bits per heavy atom. The average Bonchev–Trinajstić information content (AvgIpc) is 2.87. The van der Waals surface area contributed by atoms with Gasteiger partial charge in [0, 0.05) is 20.8 Å². The number of aryl methyl sites for hydroxylation is 2. The number of thiophene rings is 1. The van der Waals surface area contributed by atoms with Crippen LogP contribution >= 0.6 is 46.8 Å². The second-order valence-corrected chi connectivity index (χ2v) is 7.84. The molecule has 3 nitrogen and oxygen atoms in total. The van der Waals surface area contributed by atoms with Gasteiger partial charge in [-0.1, -0.05) is 47.5 Å². The number of nitrogens with one attached hydrogen (secondary N) is 2. The van der Waals surface area contributed by atoms with Gasteiger partial charge in [0.15, 0.2) is 5.11 Å². The van der Waals surface area contributed by atoms with E-state index in [-0.39, 0.29) is 11.0 Å². The zero-order valence-electron chi connectivity index (χ0n) is 13.4. The Kier molecular flexibility index (Phi) is 5.29. The fourth-order valence-corrected chi connectivity index (χ4v) is 4.38. The van der Waals surface area contributed by atoms with Crippen molar-refractivity contribution in [3.05, 3.63) is 62.4 Å². The monoisotopic (exact) mass is 408 g/mol. The SMILES string of the molecule is Cc1cccc(C)c1NC(=S)NC(=O)c1sc2cc(Cl)ccc2c1Cl. The molecule has 0 unspecified atom stereocenters. The minimum Gasteiger partial charge on any atom is -0.332 e. The lowest BCUT2D eigenvalue weighted by Gasteiger charge is -2.13. The summed E-state index contributed by atoms with van der Waals surface area (Å²) in [5.41, 5.74) is 2.99. The summed E-state index contributed by atoms with van der Waals surface area (Å²) in [5.74, 6) is -0.342. The van der Waals surface area contributed by atoms with Gasteiger partial charge in [0.05, 0.1) is 5.02 Å². The van der Waals surface area contributed by atoms with Gasteiger partial charge in [-0.05, 0) is 49.3 Å². The maximum absolute atomic E-state index is 12.5. The maximum Gasteiger partial charge on any atom is 0.269 e. The van der Waals surface area contributed by atoms with Crippen molar-refractivity contribution in [3.63, 3.8) is 0 Å². The third-order valence-corrected chi connectivity index (χ3v) is 5.84. The quantitative estimate of drug-likeness (QED) is 0.514. The van der Waals surface area contributed by atoms with Gasteiger partial charge in [-0.25, -0.2) is 0 Å². The minimum atomic E-state index is -0.342. The molecule has 1 amide bonds. The van der Waals surface area contributed by atoms with Crippen LogP contribution in [-0.4, -0.2) is 11.0 Å². The van der Waals surface area contributed by atoms with E-state index in [1.807, 2.05) is 32.0 Å². The first-order valence-electron chi connectivity index (χ1n) is 7.43. The number of thiocarbonyl (C=S) groups is 1. The van der Waals surface area contributed by atoms with Crippen molar-refractivity contribution in [1.29, 1.82) is 0 Å². The first-order chi connectivity index (χ1) is 11.9. The van der Waals surface area contributed by atoms with E-state index in [9.17, 15) is 4.79 Å². The molecule has 2 N–H and O–H groups in total. The summed E-state index contributed by atoms with van der Waals surface area (Å²) in [5, 5.41) is 7.81. The zero-order valence-corrected chi connectivity index (χ0v) is 16.6. The lowest BCUT2D eigenvalue weighted by Crippen LogP contribution is -2.34. The van der Waals surface area contributed by atoms with E-state index in [1.165, 1.54) is 11.3 Å². The van der Waals surface area contributed by atoms with Crippen LogP contribution in [0.3, 0.4) is 0 Å². The molecule has 0 fully saturated rings. The van der Waals surface area contributed by atoms with E-state index in [0.717, 1.165) is 26.9 Å². The highest BCUT2D eigenvalue weighted by molar-refractivity contribution is 7.80. The van der Waals surface area contributed by atoms with Crippen LogP contribution in [0.5, 0.6) is 0 Å². The number of carbonyl (C=O) groups excluding carboxylic acids is 1. The van der Waals surface area contributed by atoms with Crippen LogP contribution in [0.25, 0.3) is 10.1 Å². The van der Waals surface area contributed by atoms with Gasteiger partial charge in [-0.15, -0.1) is 11.3 Å². The maximum atomic E-state index is 12.5. The van der Waals surface area contributed by atoms with Crippen molar-refractivity contribution in [2.24, 2.45) is 0 Å². The van der Waals surface area contributed by atoms with Crippen molar-refractivity contribution in [2.45, 2.75) is 13.8 Å². The highest BCUT2D eigenvalue weighted by atomic mass is 35.5. The molecule has 1 aromatic heterocycles. The molecule has 3 rings (SSSR count). The number of para-hydroxylation sites is 1. The highest BCUT2D eigenvalue weighted by Crippen LogP contribution is 2.36. The van der Waals surface area contributed by atoms with E-state index in [1.54, 1.807) is 18.2 Å². The van der Waals surface area contributed by atoms with Crippen LogP contribution in [0.4, 0.5) is 5.69 Å². The van der Waals surface area contributed by atoms with E-state index in [2.05, 4.69) is 10.6 Å². The number of hydrogen-bond acceptors (Lipinski definition) is 3. The second-order valence-electron chi connectivity index (χ2n) is 5.56. The molecule has 3 aromatic rings. The molecule has 7 heteroatoms. The molecule has 25 heavy (non-hydrogen) atoms. The molecular formula is C18H14Cl2N2OS2. The number of anilines is 1. The zero-order chi connectivity index (χ0) is 18.1. The Balaban J connectivity index is 1.80. The molecule has 0 saturated heterocycles. The number of hydrogen-bond donors (Lipinski definition) is 2. The number of benzene rings is 2. The van der Waals surface area contributed by atoms with Crippen LogP contribution in [0.2, 0.25) is 10.0 Å². The number of fused-ring (bicyclic) bond motifs is 1.